The number of benzene rings is 1. The third-order valence-corrected chi connectivity index (χ3v) is 3.19. The van der Waals surface area contributed by atoms with Crippen LogP contribution in [0.2, 0.25) is 0 Å². The fourth-order valence-electron chi connectivity index (χ4n) is 2.09. The van der Waals surface area contributed by atoms with Gasteiger partial charge in [0.05, 0.1) is 0 Å². The molecule has 0 saturated carbocycles. The highest BCUT2D eigenvalue weighted by Crippen LogP contribution is 2.15. The Morgan fingerprint density at radius 2 is 1.95 bits per heavy atom. The van der Waals surface area contributed by atoms with E-state index in [0.717, 1.165) is 39.1 Å². The summed E-state index contributed by atoms with van der Waals surface area (Å²) in [7, 11) is 0. The Labute approximate surface area is 114 Å². The van der Waals surface area contributed by atoms with Crippen LogP contribution < -0.4 is 21.1 Å². The molecule has 5 heteroatoms. The maximum atomic E-state index is 11.8. The van der Waals surface area contributed by atoms with Crippen molar-refractivity contribution in [2.75, 3.05) is 37.6 Å². The Morgan fingerprint density at radius 3 is 2.58 bits per heavy atom. The molecule has 0 aromatic heterocycles. The van der Waals surface area contributed by atoms with Gasteiger partial charge in [0.25, 0.3) is 5.91 Å². The van der Waals surface area contributed by atoms with Crippen LogP contribution in [0.25, 0.3) is 0 Å². The fraction of sp³-hybridized carbons (Fsp3) is 0.500. The van der Waals surface area contributed by atoms with Crippen molar-refractivity contribution in [3.05, 3.63) is 29.8 Å². The molecule has 1 aromatic carbocycles. The number of carbonyl (C=O) groups is 1. The average molecular weight is 262 g/mol. The molecular formula is C14H22N4O. The third-order valence-electron chi connectivity index (χ3n) is 3.19. The van der Waals surface area contributed by atoms with E-state index in [4.69, 9.17) is 0 Å². The Bertz CT molecular complexity index is 398. The first kappa shape index (κ1) is 13.8. The molecule has 2 rings (SSSR count). The van der Waals surface area contributed by atoms with Crippen LogP contribution in [0.3, 0.4) is 0 Å². The highest BCUT2D eigenvalue weighted by molar-refractivity contribution is 5.94. The number of hydrazine groups is 1. The molecule has 1 heterocycles. The number of hydrogen-bond donors (Lipinski definition) is 3. The van der Waals surface area contributed by atoms with E-state index in [2.05, 4.69) is 28.0 Å². The Balaban J connectivity index is 1.91. The predicted molar refractivity (Wildman–Crippen MR) is 77.3 cm³/mol. The molecule has 0 bridgehead atoms. The van der Waals surface area contributed by atoms with E-state index in [1.807, 2.05) is 24.3 Å². The van der Waals surface area contributed by atoms with Gasteiger partial charge in [0.1, 0.15) is 0 Å². The quantitative estimate of drug-likeness (QED) is 0.541. The van der Waals surface area contributed by atoms with Crippen molar-refractivity contribution in [3.63, 3.8) is 0 Å². The number of rotatable bonds is 5. The number of anilines is 1. The molecule has 0 unspecified atom stereocenters. The molecule has 0 spiro atoms. The number of carbonyl (C=O) groups excluding carboxylic acids is 1. The van der Waals surface area contributed by atoms with Gasteiger partial charge in [0.15, 0.2) is 0 Å². The summed E-state index contributed by atoms with van der Waals surface area (Å²) < 4.78 is 0. The van der Waals surface area contributed by atoms with Gasteiger partial charge in [-0.3, -0.25) is 10.2 Å². The second kappa shape index (κ2) is 7.11. The number of nitrogens with one attached hydrogen (secondary N) is 3. The van der Waals surface area contributed by atoms with E-state index in [9.17, 15) is 4.79 Å². The maximum absolute atomic E-state index is 11.8. The van der Waals surface area contributed by atoms with Crippen molar-refractivity contribution >= 4 is 11.6 Å². The molecule has 1 aromatic rings. The van der Waals surface area contributed by atoms with Crippen LogP contribution in [0.5, 0.6) is 0 Å². The monoisotopic (exact) mass is 262 g/mol. The first-order valence-electron chi connectivity index (χ1n) is 6.90. The van der Waals surface area contributed by atoms with Crippen LogP contribution >= 0.6 is 0 Å². The Kier molecular flexibility index (Phi) is 5.18. The largest absolute Gasteiger partial charge is 0.369 e. The number of piperazine rings is 1. The van der Waals surface area contributed by atoms with Gasteiger partial charge < -0.3 is 10.2 Å². The maximum Gasteiger partial charge on any atom is 0.265 e. The van der Waals surface area contributed by atoms with Crippen LogP contribution in [-0.2, 0) is 0 Å². The average Bonchev–Trinajstić information content (AvgIpc) is 2.48. The molecule has 3 N–H and O–H groups in total. The molecule has 5 nitrogen and oxygen atoms in total. The van der Waals surface area contributed by atoms with Crippen molar-refractivity contribution in [3.8, 4) is 0 Å². The first-order valence-corrected chi connectivity index (χ1v) is 6.90. The van der Waals surface area contributed by atoms with Gasteiger partial charge in [-0.05, 0) is 30.7 Å². The molecule has 0 atom stereocenters. The normalized spacial score (nSPS) is 15.3. The third kappa shape index (κ3) is 3.94. The van der Waals surface area contributed by atoms with Crippen molar-refractivity contribution in [2.45, 2.75) is 13.3 Å². The van der Waals surface area contributed by atoms with Crippen molar-refractivity contribution in [2.24, 2.45) is 0 Å². The van der Waals surface area contributed by atoms with Crippen LogP contribution in [0.1, 0.15) is 23.7 Å². The van der Waals surface area contributed by atoms with Crippen LogP contribution in [0, 0.1) is 0 Å². The zero-order valence-electron chi connectivity index (χ0n) is 11.4. The number of amides is 1. The highest BCUT2D eigenvalue weighted by Gasteiger charge is 2.11. The van der Waals surface area contributed by atoms with Gasteiger partial charge in [0, 0.05) is 44.0 Å². The van der Waals surface area contributed by atoms with Gasteiger partial charge >= 0.3 is 0 Å². The molecule has 1 saturated heterocycles. The van der Waals surface area contributed by atoms with Gasteiger partial charge in [-0.1, -0.05) is 6.92 Å². The van der Waals surface area contributed by atoms with Crippen molar-refractivity contribution < 1.29 is 4.79 Å². The molecule has 0 aliphatic carbocycles. The van der Waals surface area contributed by atoms with E-state index in [0.29, 0.717) is 5.56 Å². The minimum absolute atomic E-state index is 0.0830. The number of hydrogen-bond acceptors (Lipinski definition) is 4. The highest BCUT2D eigenvalue weighted by atomic mass is 16.2. The fourth-order valence-corrected chi connectivity index (χ4v) is 2.09. The topological polar surface area (TPSA) is 56.4 Å². The summed E-state index contributed by atoms with van der Waals surface area (Å²) >= 11 is 0. The van der Waals surface area contributed by atoms with Crippen molar-refractivity contribution in [1.82, 2.24) is 16.2 Å². The lowest BCUT2D eigenvalue weighted by Crippen LogP contribution is -2.43. The summed E-state index contributed by atoms with van der Waals surface area (Å²) in [6, 6.07) is 7.78. The molecule has 19 heavy (non-hydrogen) atoms. The summed E-state index contributed by atoms with van der Waals surface area (Å²) in [6.07, 6.45) is 0.988. The molecule has 1 aliphatic rings. The lowest BCUT2D eigenvalue weighted by Gasteiger charge is -2.29. The van der Waals surface area contributed by atoms with Gasteiger partial charge in [-0.15, -0.1) is 0 Å². The summed E-state index contributed by atoms with van der Waals surface area (Å²) in [4.78, 5) is 14.1. The van der Waals surface area contributed by atoms with Crippen LogP contribution in [0.4, 0.5) is 5.69 Å². The molecule has 1 amide bonds. The van der Waals surface area contributed by atoms with Crippen LogP contribution in [0.15, 0.2) is 24.3 Å². The van der Waals surface area contributed by atoms with Gasteiger partial charge in [0.2, 0.25) is 0 Å². The SMILES string of the molecule is CCCNNC(=O)c1ccc(N2CCNCC2)cc1. The standard InChI is InChI=1S/C14H22N4O/c1-2-7-16-17-14(19)12-3-5-13(6-4-12)18-10-8-15-9-11-18/h3-6,15-16H,2,7-11H2,1H3,(H,17,19). The lowest BCUT2D eigenvalue weighted by molar-refractivity contribution is 0.0933. The molecule has 1 fully saturated rings. The van der Waals surface area contributed by atoms with E-state index in [1.54, 1.807) is 0 Å². The van der Waals surface area contributed by atoms with E-state index < -0.39 is 0 Å². The Hall–Kier alpha value is -1.59. The molecular weight excluding hydrogens is 240 g/mol. The minimum atomic E-state index is -0.0830. The van der Waals surface area contributed by atoms with Crippen LogP contribution in [-0.4, -0.2) is 38.6 Å². The summed E-state index contributed by atoms with van der Waals surface area (Å²) in [6.45, 7) is 6.91. The van der Waals surface area contributed by atoms with E-state index in [-0.39, 0.29) is 5.91 Å². The molecule has 1 aliphatic heterocycles. The zero-order valence-corrected chi connectivity index (χ0v) is 11.4. The minimum Gasteiger partial charge on any atom is -0.369 e. The summed E-state index contributed by atoms with van der Waals surface area (Å²) in [5.41, 5.74) is 7.44. The van der Waals surface area contributed by atoms with Gasteiger partial charge in [-0.2, -0.15) is 0 Å². The number of nitrogens with zero attached hydrogens (tertiary/aromatic N) is 1. The summed E-state index contributed by atoms with van der Waals surface area (Å²) in [5, 5.41) is 3.33. The summed E-state index contributed by atoms with van der Waals surface area (Å²) in [5.74, 6) is -0.0830. The molecule has 104 valence electrons. The first-order chi connectivity index (χ1) is 9.31. The lowest BCUT2D eigenvalue weighted by atomic mass is 10.1. The zero-order chi connectivity index (χ0) is 13.5. The second-order valence-electron chi connectivity index (χ2n) is 4.66. The smallest absolute Gasteiger partial charge is 0.265 e. The second-order valence-corrected chi connectivity index (χ2v) is 4.66. The van der Waals surface area contributed by atoms with E-state index >= 15 is 0 Å². The van der Waals surface area contributed by atoms with Gasteiger partial charge in [-0.25, -0.2) is 5.43 Å². The molecule has 0 radical (unpaired) electrons. The van der Waals surface area contributed by atoms with Crippen molar-refractivity contribution in [1.29, 1.82) is 0 Å². The van der Waals surface area contributed by atoms with E-state index in [1.165, 1.54) is 5.69 Å². The predicted octanol–water partition coefficient (Wildman–Crippen LogP) is 0.741. The Morgan fingerprint density at radius 1 is 1.26 bits per heavy atom.